The van der Waals surface area contributed by atoms with Crippen molar-refractivity contribution in [2.75, 3.05) is 12.4 Å². The van der Waals surface area contributed by atoms with Gasteiger partial charge in [-0.25, -0.2) is 9.97 Å². The molecule has 1 atom stereocenters. The second-order valence-electron chi connectivity index (χ2n) is 4.45. The summed E-state index contributed by atoms with van der Waals surface area (Å²) >= 11 is 6.01. The lowest BCUT2D eigenvalue weighted by atomic mass is 9.95. The number of fused-ring (bicyclic) bond motifs is 1. The van der Waals surface area contributed by atoms with Crippen LogP contribution in [0.15, 0.2) is 36.5 Å². The predicted octanol–water partition coefficient (Wildman–Crippen LogP) is 3.89. The Kier molecular flexibility index (Phi) is 4.38. The molecule has 1 unspecified atom stereocenters. The average molecular weight is 276 g/mol. The van der Waals surface area contributed by atoms with Crippen LogP contribution in [-0.4, -0.2) is 17.0 Å². The molecule has 100 valence electrons. The van der Waals surface area contributed by atoms with Gasteiger partial charge in [-0.2, -0.15) is 0 Å². The minimum absolute atomic E-state index is 0.275. The highest BCUT2D eigenvalue weighted by Gasteiger charge is 2.29. The lowest BCUT2D eigenvalue weighted by molar-refractivity contribution is 0.770. The molecule has 3 nitrogen and oxygen atoms in total. The van der Waals surface area contributed by atoms with Crippen molar-refractivity contribution in [2.24, 2.45) is 0 Å². The molecule has 1 N–H and O–H groups in total. The van der Waals surface area contributed by atoms with Gasteiger partial charge in [-0.15, -0.1) is 0 Å². The first-order valence-electron chi connectivity index (χ1n) is 6.40. The number of nitrogens with one attached hydrogen (secondary N) is 1. The van der Waals surface area contributed by atoms with Crippen molar-refractivity contribution < 1.29 is 0 Å². The fourth-order valence-electron chi connectivity index (χ4n) is 2.58. The van der Waals surface area contributed by atoms with Gasteiger partial charge in [-0.1, -0.05) is 30.9 Å². The van der Waals surface area contributed by atoms with Crippen molar-refractivity contribution in [1.29, 1.82) is 0 Å². The smallest absolute Gasteiger partial charge is 0.224 e. The third-order valence-corrected chi connectivity index (χ3v) is 3.50. The highest BCUT2D eigenvalue weighted by atomic mass is 35.5. The number of hydrogen-bond donors (Lipinski definition) is 1. The van der Waals surface area contributed by atoms with Gasteiger partial charge in [-0.3, -0.25) is 0 Å². The Labute approximate surface area is 119 Å². The van der Waals surface area contributed by atoms with Gasteiger partial charge in [0.1, 0.15) is 5.82 Å². The van der Waals surface area contributed by atoms with Crippen LogP contribution in [0.1, 0.15) is 30.5 Å². The molecular formula is C15H18ClN3. The summed E-state index contributed by atoms with van der Waals surface area (Å²) in [5, 5.41) is 3.40. The molecular weight excluding hydrogens is 258 g/mol. The van der Waals surface area contributed by atoms with Crippen LogP contribution < -0.4 is 5.32 Å². The van der Waals surface area contributed by atoms with E-state index in [0.29, 0.717) is 5.28 Å². The minimum atomic E-state index is 0.275. The summed E-state index contributed by atoms with van der Waals surface area (Å²) in [6, 6.07) is 0. The van der Waals surface area contributed by atoms with Gasteiger partial charge in [0.25, 0.3) is 0 Å². The Morgan fingerprint density at radius 2 is 2.26 bits per heavy atom. The van der Waals surface area contributed by atoms with E-state index in [1.165, 1.54) is 11.1 Å². The highest BCUT2D eigenvalue weighted by Crippen LogP contribution is 2.40. The Hall–Kier alpha value is -1.61. The zero-order chi connectivity index (χ0) is 13.8. The largest absolute Gasteiger partial charge is 0.373 e. The quantitative estimate of drug-likeness (QED) is 0.669. The van der Waals surface area contributed by atoms with Crippen molar-refractivity contribution in [1.82, 2.24) is 9.97 Å². The van der Waals surface area contributed by atoms with Crippen LogP contribution in [0, 0.1) is 0 Å². The maximum atomic E-state index is 6.01. The minimum Gasteiger partial charge on any atom is -0.373 e. The number of halogens is 1. The maximum Gasteiger partial charge on any atom is 0.224 e. The van der Waals surface area contributed by atoms with Crippen LogP contribution in [0.5, 0.6) is 0 Å². The van der Waals surface area contributed by atoms with Crippen LogP contribution in [0.4, 0.5) is 5.82 Å². The van der Waals surface area contributed by atoms with Crippen LogP contribution in [0.25, 0.3) is 0 Å². The zero-order valence-corrected chi connectivity index (χ0v) is 12.0. The summed E-state index contributed by atoms with van der Waals surface area (Å²) in [6.45, 7) is 5.79. The topological polar surface area (TPSA) is 37.8 Å². The van der Waals surface area contributed by atoms with Crippen molar-refractivity contribution in [3.05, 3.63) is 53.0 Å². The second-order valence-corrected chi connectivity index (χ2v) is 4.79. The summed E-state index contributed by atoms with van der Waals surface area (Å²) in [5.41, 5.74) is 3.43. The third kappa shape index (κ3) is 2.71. The van der Waals surface area contributed by atoms with Gasteiger partial charge in [0, 0.05) is 18.5 Å². The molecule has 0 aromatic carbocycles. The fourth-order valence-corrected chi connectivity index (χ4v) is 2.76. The lowest BCUT2D eigenvalue weighted by Crippen LogP contribution is -2.04. The molecule has 4 heteroatoms. The van der Waals surface area contributed by atoms with E-state index < -0.39 is 0 Å². The molecule has 2 rings (SSSR count). The number of allylic oxidation sites excluding steroid dienone is 5. The second kappa shape index (κ2) is 6.02. The third-order valence-electron chi connectivity index (χ3n) is 3.33. The molecule has 0 bridgehead atoms. The van der Waals surface area contributed by atoms with Crippen LogP contribution >= 0.6 is 11.6 Å². The van der Waals surface area contributed by atoms with Crippen molar-refractivity contribution in [3.63, 3.8) is 0 Å². The van der Waals surface area contributed by atoms with E-state index in [2.05, 4.69) is 27.9 Å². The first-order chi connectivity index (χ1) is 9.21. The SMILES string of the molecule is C=C/C=C(\C=C/C)C1CCc2c(NC)nc(Cl)nc21. The van der Waals surface area contributed by atoms with Gasteiger partial charge in [0.15, 0.2) is 0 Å². The van der Waals surface area contributed by atoms with Crippen molar-refractivity contribution >= 4 is 17.4 Å². The number of anilines is 1. The van der Waals surface area contributed by atoms with Gasteiger partial charge >= 0.3 is 0 Å². The zero-order valence-electron chi connectivity index (χ0n) is 11.3. The lowest BCUT2D eigenvalue weighted by Gasteiger charge is -2.13. The highest BCUT2D eigenvalue weighted by molar-refractivity contribution is 6.28. The Balaban J connectivity index is 2.49. The van der Waals surface area contributed by atoms with Crippen molar-refractivity contribution in [2.45, 2.75) is 25.7 Å². The monoisotopic (exact) mass is 275 g/mol. The first kappa shape index (κ1) is 13.8. The normalized spacial score (nSPS) is 18.7. The Bertz CT molecular complexity index is 547. The van der Waals surface area contributed by atoms with Crippen LogP contribution in [0.3, 0.4) is 0 Å². The van der Waals surface area contributed by atoms with E-state index in [4.69, 9.17) is 11.6 Å². The standard InChI is InChI=1S/C15H18ClN3/c1-4-6-10(7-5-2)11-8-9-12-13(11)18-15(16)19-14(12)17-3/h4-7,11H,1,8-9H2,2-3H3,(H,17,18,19)/b7-5-,10-6+. The molecule has 0 spiro atoms. The Morgan fingerprint density at radius 1 is 1.47 bits per heavy atom. The Morgan fingerprint density at radius 3 is 2.89 bits per heavy atom. The molecule has 1 aromatic heterocycles. The summed E-state index contributed by atoms with van der Waals surface area (Å²) in [4.78, 5) is 8.67. The summed E-state index contributed by atoms with van der Waals surface area (Å²) < 4.78 is 0. The molecule has 1 aromatic rings. The molecule has 1 heterocycles. The number of rotatable bonds is 4. The number of nitrogens with zero attached hydrogens (tertiary/aromatic N) is 2. The van der Waals surface area contributed by atoms with E-state index in [0.717, 1.165) is 24.4 Å². The predicted molar refractivity (Wildman–Crippen MR) is 80.7 cm³/mol. The van der Waals surface area contributed by atoms with Crippen LogP contribution in [0.2, 0.25) is 5.28 Å². The van der Waals surface area contributed by atoms with Gasteiger partial charge < -0.3 is 5.32 Å². The van der Waals surface area contributed by atoms with Gasteiger partial charge in [0.2, 0.25) is 5.28 Å². The van der Waals surface area contributed by atoms with Crippen molar-refractivity contribution in [3.8, 4) is 0 Å². The molecule has 0 fully saturated rings. The van der Waals surface area contributed by atoms with E-state index in [-0.39, 0.29) is 5.92 Å². The molecule has 0 saturated heterocycles. The fraction of sp³-hybridized carbons (Fsp3) is 0.333. The van der Waals surface area contributed by atoms with Gasteiger partial charge in [0.05, 0.1) is 5.69 Å². The molecule has 0 aliphatic heterocycles. The summed E-state index contributed by atoms with van der Waals surface area (Å²) in [6.07, 6.45) is 10.00. The van der Waals surface area contributed by atoms with Gasteiger partial charge in [-0.05, 0) is 36.9 Å². The molecule has 1 aliphatic carbocycles. The first-order valence-corrected chi connectivity index (χ1v) is 6.78. The van der Waals surface area contributed by atoms with Crippen LogP contribution in [-0.2, 0) is 6.42 Å². The van der Waals surface area contributed by atoms with E-state index >= 15 is 0 Å². The summed E-state index contributed by atoms with van der Waals surface area (Å²) in [5.74, 6) is 1.12. The van der Waals surface area contributed by atoms with E-state index in [1.807, 2.05) is 32.2 Å². The molecule has 0 amide bonds. The molecule has 19 heavy (non-hydrogen) atoms. The van der Waals surface area contributed by atoms with E-state index in [9.17, 15) is 0 Å². The number of hydrogen-bond acceptors (Lipinski definition) is 3. The van der Waals surface area contributed by atoms with E-state index in [1.54, 1.807) is 0 Å². The summed E-state index contributed by atoms with van der Waals surface area (Å²) in [7, 11) is 1.86. The number of aromatic nitrogens is 2. The molecule has 0 radical (unpaired) electrons. The maximum absolute atomic E-state index is 6.01. The average Bonchev–Trinajstić information content (AvgIpc) is 2.81. The molecule has 1 aliphatic rings. The molecule has 0 saturated carbocycles.